The summed E-state index contributed by atoms with van der Waals surface area (Å²) in [5, 5.41) is 4.88. The van der Waals surface area contributed by atoms with Crippen molar-refractivity contribution < 1.29 is 14.3 Å². The number of carbonyl (C=O) groups excluding carboxylic acids is 1. The van der Waals surface area contributed by atoms with E-state index < -0.39 is 5.97 Å². The number of ether oxygens (including phenoxy) is 2. The van der Waals surface area contributed by atoms with E-state index in [4.69, 9.17) is 32.7 Å². The monoisotopic (exact) mass is 502 g/mol. The van der Waals surface area contributed by atoms with Gasteiger partial charge in [0.2, 0.25) is 0 Å². The molecule has 1 fully saturated rings. The zero-order chi connectivity index (χ0) is 24.2. The fourth-order valence-electron chi connectivity index (χ4n) is 4.01. The number of fused-ring (bicyclic) bond motifs is 1. The molecule has 1 aliphatic heterocycles. The van der Waals surface area contributed by atoms with E-state index in [1.807, 2.05) is 25.1 Å². The molecule has 3 aromatic rings. The maximum absolute atomic E-state index is 12.8. The fourth-order valence-corrected chi connectivity index (χ4v) is 4.36. The first-order valence-electron chi connectivity index (χ1n) is 11.3. The predicted octanol–water partition coefficient (Wildman–Crippen LogP) is 5.61. The molecule has 0 radical (unpaired) electrons. The largest absolute Gasteiger partial charge is 0.492 e. The molecule has 9 heteroatoms. The first-order valence-corrected chi connectivity index (χ1v) is 12.1. The first-order chi connectivity index (χ1) is 16.4. The molecule has 0 amide bonds. The molecule has 1 aliphatic rings. The number of anilines is 3. The molecule has 0 aliphatic carbocycles. The molecule has 1 saturated heterocycles. The van der Waals surface area contributed by atoms with Gasteiger partial charge in [-0.05, 0) is 39.1 Å². The second kappa shape index (κ2) is 10.7. The van der Waals surface area contributed by atoms with Gasteiger partial charge in [-0.25, -0.2) is 4.79 Å². The molecular weight excluding hydrogens is 475 g/mol. The minimum absolute atomic E-state index is 0.254. The Labute approximate surface area is 209 Å². The number of halogens is 2. The molecule has 4 rings (SSSR count). The van der Waals surface area contributed by atoms with E-state index in [-0.39, 0.29) is 6.61 Å². The van der Waals surface area contributed by atoms with Gasteiger partial charge in [-0.2, -0.15) is 0 Å². The summed E-state index contributed by atoms with van der Waals surface area (Å²) >= 11 is 12.7. The summed E-state index contributed by atoms with van der Waals surface area (Å²) < 4.78 is 11.3. The number of nitrogens with one attached hydrogen (secondary N) is 1. The third-order valence-electron chi connectivity index (χ3n) is 5.80. The van der Waals surface area contributed by atoms with Crippen LogP contribution >= 0.6 is 23.2 Å². The number of piperazine rings is 1. The van der Waals surface area contributed by atoms with E-state index in [2.05, 4.69) is 27.1 Å². The summed E-state index contributed by atoms with van der Waals surface area (Å²) in [5.41, 5.74) is 3.12. The average Bonchev–Trinajstić information content (AvgIpc) is 2.82. The van der Waals surface area contributed by atoms with Gasteiger partial charge in [-0.1, -0.05) is 29.3 Å². The molecule has 180 valence electrons. The molecule has 2 aromatic carbocycles. The van der Waals surface area contributed by atoms with Crippen LogP contribution in [0.1, 0.15) is 24.2 Å². The fraction of sp³-hybridized carbons (Fsp3) is 0.360. The number of carbonyl (C=O) groups is 1. The third kappa shape index (κ3) is 5.02. The smallest absolute Gasteiger partial charge is 0.341 e. The van der Waals surface area contributed by atoms with Crippen LogP contribution < -0.4 is 15.0 Å². The van der Waals surface area contributed by atoms with Crippen molar-refractivity contribution in [1.29, 1.82) is 0 Å². The second-order valence-electron chi connectivity index (χ2n) is 8.05. The van der Waals surface area contributed by atoms with E-state index >= 15 is 0 Å². The number of benzene rings is 2. The Bertz CT molecular complexity index is 1200. The van der Waals surface area contributed by atoms with Crippen LogP contribution in [0.15, 0.2) is 36.5 Å². The summed E-state index contributed by atoms with van der Waals surface area (Å²) in [6.45, 7) is 8.17. The van der Waals surface area contributed by atoms with Crippen molar-refractivity contribution in [2.45, 2.75) is 13.8 Å². The normalized spacial score (nSPS) is 14.3. The van der Waals surface area contributed by atoms with Crippen molar-refractivity contribution in [2.24, 2.45) is 0 Å². The van der Waals surface area contributed by atoms with Crippen molar-refractivity contribution in [2.75, 3.05) is 56.7 Å². The predicted molar refractivity (Wildman–Crippen MR) is 138 cm³/mol. The third-order valence-corrected chi connectivity index (χ3v) is 6.62. The van der Waals surface area contributed by atoms with Crippen molar-refractivity contribution in [1.82, 2.24) is 9.88 Å². The van der Waals surface area contributed by atoms with Gasteiger partial charge in [0.25, 0.3) is 0 Å². The lowest BCUT2D eigenvalue weighted by Gasteiger charge is -2.35. The Morgan fingerprint density at radius 2 is 1.88 bits per heavy atom. The molecule has 34 heavy (non-hydrogen) atoms. The summed E-state index contributed by atoms with van der Waals surface area (Å²) in [6.07, 6.45) is 1.52. The molecule has 1 aromatic heterocycles. The van der Waals surface area contributed by atoms with Gasteiger partial charge in [0.15, 0.2) is 0 Å². The van der Waals surface area contributed by atoms with Crippen LogP contribution in [0, 0.1) is 0 Å². The maximum atomic E-state index is 12.8. The molecule has 0 spiro atoms. The van der Waals surface area contributed by atoms with E-state index in [1.165, 1.54) is 6.20 Å². The minimum atomic E-state index is -0.465. The number of hydrogen-bond donors (Lipinski definition) is 1. The van der Waals surface area contributed by atoms with E-state index in [0.717, 1.165) is 43.0 Å². The highest BCUT2D eigenvalue weighted by atomic mass is 35.5. The number of likely N-dealkylation sites (N-methyl/N-ethyl adjacent to an activating group) is 1. The van der Waals surface area contributed by atoms with Crippen LogP contribution in [0.25, 0.3) is 10.9 Å². The first kappa shape index (κ1) is 24.4. The zero-order valence-corrected chi connectivity index (χ0v) is 21.0. The van der Waals surface area contributed by atoms with Crippen molar-refractivity contribution >= 4 is 57.1 Å². The van der Waals surface area contributed by atoms with Crippen molar-refractivity contribution in [3.05, 3.63) is 52.1 Å². The van der Waals surface area contributed by atoms with Crippen LogP contribution in [0.2, 0.25) is 10.0 Å². The van der Waals surface area contributed by atoms with Crippen LogP contribution in [0.4, 0.5) is 17.1 Å². The van der Waals surface area contributed by atoms with Crippen LogP contribution in [0.3, 0.4) is 0 Å². The van der Waals surface area contributed by atoms with Gasteiger partial charge in [0.1, 0.15) is 11.3 Å². The van der Waals surface area contributed by atoms with Gasteiger partial charge in [-0.3, -0.25) is 4.98 Å². The van der Waals surface area contributed by atoms with E-state index in [0.29, 0.717) is 39.1 Å². The minimum Gasteiger partial charge on any atom is -0.492 e. The molecule has 2 heterocycles. The lowest BCUT2D eigenvalue weighted by atomic mass is 10.1. The Morgan fingerprint density at radius 3 is 2.59 bits per heavy atom. The topological polar surface area (TPSA) is 66.9 Å². The molecule has 1 N–H and O–H groups in total. The maximum Gasteiger partial charge on any atom is 0.341 e. The summed E-state index contributed by atoms with van der Waals surface area (Å²) in [6, 6.07) is 9.28. The average molecular weight is 503 g/mol. The van der Waals surface area contributed by atoms with E-state index in [1.54, 1.807) is 19.1 Å². The van der Waals surface area contributed by atoms with Gasteiger partial charge in [0, 0.05) is 43.8 Å². The van der Waals surface area contributed by atoms with Crippen LogP contribution in [0.5, 0.6) is 5.75 Å². The molecule has 0 bridgehead atoms. The Hall–Kier alpha value is -2.74. The highest BCUT2D eigenvalue weighted by Crippen LogP contribution is 2.40. The molecule has 0 atom stereocenters. The van der Waals surface area contributed by atoms with Gasteiger partial charge in [0.05, 0.1) is 45.8 Å². The summed E-state index contributed by atoms with van der Waals surface area (Å²) in [7, 11) is 2.12. The highest BCUT2D eigenvalue weighted by molar-refractivity contribution is 6.43. The lowest BCUT2D eigenvalue weighted by molar-refractivity contribution is 0.0527. The number of esters is 1. The van der Waals surface area contributed by atoms with Crippen molar-refractivity contribution in [3.8, 4) is 5.75 Å². The van der Waals surface area contributed by atoms with Crippen LogP contribution in [-0.2, 0) is 4.74 Å². The summed E-state index contributed by atoms with van der Waals surface area (Å²) in [4.78, 5) is 22.0. The van der Waals surface area contributed by atoms with E-state index in [9.17, 15) is 4.79 Å². The number of nitrogens with zero attached hydrogens (tertiary/aromatic N) is 3. The molecular formula is C25H28Cl2N4O3. The Kier molecular flexibility index (Phi) is 7.66. The number of pyridine rings is 1. The molecule has 7 nitrogen and oxygen atoms in total. The summed E-state index contributed by atoms with van der Waals surface area (Å²) in [5.74, 6) is 0.301. The van der Waals surface area contributed by atoms with Gasteiger partial charge >= 0.3 is 5.97 Å². The highest BCUT2D eigenvalue weighted by Gasteiger charge is 2.23. The Morgan fingerprint density at radius 1 is 1.12 bits per heavy atom. The Balaban J connectivity index is 1.90. The number of hydrogen-bond acceptors (Lipinski definition) is 7. The second-order valence-corrected chi connectivity index (χ2v) is 8.84. The SMILES string of the molecule is CCOC(=O)c1cnc2cc(OCC)c(N3CCN(C)CC3)cc2c1Nc1cccc(Cl)c1Cl. The van der Waals surface area contributed by atoms with Crippen molar-refractivity contribution in [3.63, 3.8) is 0 Å². The quantitative estimate of drug-likeness (QED) is 0.421. The van der Waals surface area contributed by atoms with Gasteiger partial charge < -0.3 is 24.6 Å². The van der Waals surface area contributed by atoms with Gasteiger partial charge in [-0.15, -0.1) is 0 Å². The molecule has 0 unspecified atom stereocenters. The number of aromatic nitrogens is 1. The zero-order valence-electron chi connectivity index (χ0n) is 19.5. The molecule has 0 saturated carbocycles. The lowest BCUT2D eigenvalue weighted by Crippen LogP contribution is -2.44. The number of rotatable bonds is 7. The van der Waals surface area contributed by atoms with Crippen LogP contribution in [-0.4, -0.2) is 62.3 Å². The standard InChI is InChI=1S/C25H28Cl2N4O3/c1-4-33-22-14-20-16(13-21(22)31-11-9-30(3)10-12-31)24(17(15-28-20)25(32)34-5-2)29-19-8-6-7-18(26)23(19)27/h6-8,13-15H,4-5,9-12H2,1-3H3,(H,28,29).